The Bertz CT molecular complexity index is 750. The number of nitrogens with one attached hydrogen (secondary N) is 1. The molecular formula is C18H24N4O2. The first-order chi connectivity index (χ1) is 11.7. The second-order valence-corrected chi connectivity index (χ2v) is 6.30. The second kappa shape index (κ2) is 8.06. The van der Waals surface area contributed by atoms with Gasteiger partial charge < -0.3 is 10.2 Å². The summed E-state index contributed by atoms with van der Waals surface area (Å²) in [5.41, 5.74) is -0.225. The summed E-state index contributed by atoms with van der Waals surface area (Å²) < 4.78 is 1.22. The zero-order valence-electron chi connectivity index (χ0n) is 13.9. The van der Waals surface area contributed by atoms with Crippen molar-refractivity contribution in [1.82, 2.24) is 20.0 Å². The minimum Gasteiger partial charge on any atom is -0.354 e. The van der Waals surface area contributed by atoms with Crippen molar-refractivity contribution in [2.24, 2.45) is 0 Å². The van der Waals surface area contributed by atoms with Gasteiger partial charge >= 0.3 is 0 Å². The Balaban J connectivity index is 1.48. The third-order valence-corrected chi connectivity index (χ3v) is 4.48. The number of fused-ring (bicyclic) bond motifs is 1. The molecule has 3 rings (SSSR count). The molecule has 1 N–H and O–H groups in total. The molecule has 0 bridgehead atoms. The molecule has 1 aromatic carbocycles. The lowest BCUT2D eigenvalue weighted by molar-refractivity contribution is -0.121. The van der Waals surface area contributed by atoms with Gasteiger partial charge in [-0.25, -0.2) is 4.68 Å². The van der Waals surface area contributed by atoms with Gasteiger partial charge in [0.1, 0.15) is 6.54 Å². The fraction of sp³-hybridized carbons (Fsp3) is 0.500. The number of hydrogen-bond donors (Lipinski definition) is 1. The van der Waals surface area contributed by atoms with Crippen LogP contribution in [0.25, 0.3) is 10.8 Å². The van der Waals surface area contributed by atoms with Crippen molar-refractivity contribution in [3.8, 4) is 0 Å². The van der Waals surface area contributed by atoms with E-state index in [1.165, 1.54) is 37.0 Å². The first-order valence-electron chi connectivity index (χ1n) is 8.68. The van der Waals surface area contributed by atoms with Crippen LogP contribution in [-0.4, -0.2) is 46.8 Å². The van der Waals surface area contributed by atoms with Crippen molar-refractivity contribution in [3.63, 3.8) is 0 Å². The van der Waals surface area contributed by atoms with Crippen LogP contribution in [0.1, 0.15) is 25.7 Å². The fourth-order valence-corrected chi connectivity index (χ4v) is 3.15. The van der Waals surface area contributed by atoms with Gasteiger partial charge in [-0.05, 0) is 45.0 Å². The van der Waals surface area contributed by atoms with E-state index in [0.717, 1.165) is 18.4 Å². The number of rotatable bonds is 6. The normalized spacial score (nSPS) is 15.5. The number of piperidine rings is 1. The number of carbonyl (C=O) groups excluding carboxylic acids is 1. The van der Waals surface area contributed by atoms with Crippen LogP contribution in [0.5, 0.6) is 0 Å². The van der Waals surface area contributed by atoms with Gasteiger partial charge in [-0.15, -0.1) is 0 Å². The van der Waals surface area contributed by atoms with E-state index in [1.54, 1.807) is 12.3 Å². The molecule has 0 atom stereocenters. The van der Waals surface area contributed by atoms with Crippen LogP contribution in [0.3, 0.4) is 0 Å². The van der Waals surface area contributed by atoms with E-state index in [2.05, 4.69) is 15.3 Å². The van der Waals surface area contributed by atoms with Crippen LogP contribution in [-0.2, 0) is 11.3 Å². The summed E-state index contributed by atoms with van der Waals surface area (Å²) in [7, 11) is 0. The molecule has 1 amide bonds. The van der Waals surface area contributed by atoms with Gasteiger partial charge in [-0.3, -0.25) is 9.59 Å². The Hall–Kier alpha value is -2.21. The number of benzene rings is 1. The smallest absolute Gasteiger partial charge is 0.275 e. The monoisotopic (exact) mass is 328 g/mol. The Morgan fingerprint density at radius 3 is 2.79 bits per heavy atom. The van der Waals surface area contributed by atoms with E-state index in [0.29, 0.717) is 11.9 Å². The molecule has 2 aromatic rings. The van der Waals surface area contributed by atoms with E-state index < -0.39 is 0 Å². The molecule has 0 spiro atoms. The van der Waals surface area contributed by atoms with Crippen LogP contribution in [0.15, 0.2) is 35.3 Å². The lowest BCUT2D eigenvalue weighted by atomic mass is 10.1. The maximum absolute atomic E-state index is 12.3. The van der Waals surface area contributed by atoms with E-state index in [9.17, 15) is 9.59 Å². The first-order valence-corrected chi connectivity index (χ1v) is 8.68. The molecule has 0 aliphatic carbocycles. The van der Waals surface area contributed by atoms with Gasteiger partial charge in [0.25, 0.3) is 5.56 Å². The zero-order valence-corrected chi connectivity index (χ0v) is 13.9. The topological polar surface area (TPSA) is 67.2 Å². The third kappa shape index (κ3) is 4.20. The van der Waals surface area contributed by atoms with E-state index in [4.69, 9.17) is 0 Å². The molecule has 1 fully saturated rings. The summed E-state index contributed by atoms with van der Waals surface area (Å²) in [5, 5.41) is 8.34. The van der Waals surface area contributed by atoms with Crippen molar-refractivity contribution >= 4 is 16.7 Å². The lowest BCUT2D eigenvalue weighted by Gasteiger charge is -2.26. The summed E-state index contributed by atoms with van der Waals surface area (Å²) in [5.74, 6) is -0.168. The molecule has 0 saturated carbocycles. The van der Waals surface area contributed by atoms with Gasteiger partial charge in [0.05, 0.1) is 11.6 Å². The average molecular weight is 328 g/mol. The Morgan fingerprint density at radius 1 is 1.17 bits per heavy atom. The Labute approximate surface area is 141 Å². The van der Waals surface area contributed by atoms with Crippen LogP contribution in [0, 0.1) is 0 Å². The van der Waals surface area contributed by atoms with Crippen LogP contribution < -0.4 is 10.9 Å². The van der Waals surface area contributed by atoms with E-state index >= 15 is 0 Å². The predicted molar refractivity (Wildman–Crippen MR) is 93.9 cm³/mol. The van der Waals surface area contributed by atoms with E-state index in [-0.39, 0.29) is 18.0 Å². The average Bonchev–Trinajstić information content (AvgIpc) is 2.62. The van der Waals surface area contributed by atoms with Gasteiger partial charge in [0, 0.05) is 11.9 Å². The molecule has 1 aromatic heterocycles. The molecule has 1 aliphatic heterocycles. The SMILES string of the molecule is O=C(Cn1ncc2ccccc2c1=O)NCCCN1CCCCC1. The van der Waals surface area contributed by atoms with E-state index in [1.807, 2.05) is 18.2 Å². The molecule has 24 heavy (non-hydrogen) atoms. The Kier molecular flexibility index (Phi) is 5.59. The van der Waals surface area contributed by atoms with Crippen LogP contribution >= 0.6 is 0 Å². The molecule has 128 valence electrons. The largest absolute Gasteiger partial charge is 0.354 e. The molecule has 2 heterocycles. The first kappa shape index (κ1) is 16.6. The summed E-state index contributed by atoms with van der Waals surface area (Å²) in [6, 6.07) is 7.28. The van der Waals surface area contributed by atoms with Crippen molar-refractivity contribution in [2.45, 2.75) is 32.2 Å². The second-order valence-electron chi connectivity index (χ2n) is 6.30. The lowest BCUT2D eigenvalue weighted by Crippen LogP contribution is -2.36. The number of hydrogen-bond acceptors (Lipinski definition) is 4. The third-order valence-electron chi connectivity index (χ3n) is 4.48. The summed E-state index contributed by atoms with van der Waals surface area (Å²) >= 11 is 0. The standard InChI is InChI=1S/C18H24N4O2/c23-17(19-9-6-12-21-10-4-1-5-11-21)14-22-18(24)16-8-3-2-7-15(16)13-20-22/h2-3,7-8,13H,1,4-6,9-12,14H2,(H,19,23). The predicted octanol–water partition coefficient (Wildman–Crippen LogP) is 1.39. The molecule has 0 radical (unpaired) electrons. The van der Waals surface area contributed by atoms with Crippen LogP contribution in [0.4, 0.5) is 0 Å². The van der Waals surface area contributed by atoms with Crippen molar-refractivity contribution in [3.05, 3.63) is 40.8 Å². The number of likely N-dealkylation sites (tertiary alicyclic amines) is 1. The van der Waals surface area contributed by atoms with Crippen molar-refractivity contribution < 1.29 is 4.79 Å². The fourth-order valence-electron chi connectivity index (χ4n) is 3.15. The molecule has 0 unspecified atom stereocenters. The summed E-state index contributed by atoms with van der Waals surface area (Å²) in [4.78, 5) is 26.8. The highest BCUT2D eigenvalue weighted by atomic mass is 16.2. The van der Waals surface area contributed by atoms with Crippen molar-refractivity contribution in [2.75, 3.05) is 26.2 Å². The molecule has 1 saturated heterocycles. The zero-order chi connectivity index (χ0) is 16.8. The number of amides is 1. The van der Waals surface area contributed by atoms with Gasteiger partial charge in [0.15, 0.2) is 0 Å². The molecular weight excluding hydrogens is 304 g/mol. The van der Waals surface area contributed by atoms with Crippen LogP contribution in [0.2, 0.25) is 0 Å². The van der Waals surface area contributed by atoms with Gasteiger partial charge in [-0.1, -0.05) is 24.6 Å². The number of aromatic nitrogens is 2. The Morgan fingerprint density at radius 2 is 1.96 bits per heavy atom. The molecule has 1 aliphatic rings. The number of carbonyl (C=O) groups is 1. The summed E-state index contributed by atoms with van der Waals surface area (Å²) in [6.45, 7) is 3.97. The maximum Gasteiger partial charge on any atom is 0.275 e. The quantitative estimate of drug-likeness (QED) is 0.814. The minimum atomic E-state index is -0.225. The number of nitrogens with zero attached hydrogens (tertiary/aromatic N) is 3. The van der Waals surface area contributed by atoms with Gasteiger partial charge in [0.2, 0.25) is 5.91 Å². The van der Waals surface area contributed by atoms with Crippen molar-refractivity contribution in [1.29, 1.82) is 0 Å². The maximum atomic E-state index is 12.3. The summed E-state index contributed by atoms with van der Waals surface area (Å²) in [6.07, 6.45) is 6.46. The van der Waals surface area contributed by atoms with Gasteiger partial charge in [-0.2, -0.15) is 5.10 Å². The molecule has 6 heteroatoms. The molecule has 6 nitrogen and oxygen atoms in total. The minimum absolute atomic E-state index is 0.0343. The highest BCUT2D eigenvalue weighted by Crippen LogP contribution is 2.08. The highest BCUT2D eigenvalue weighted by molar-refractivity contribution is 5.81. The highest BCUT2D eigenvalue weighted by Gasteiger charge is 2.10.